The fraction of sp³-hybridized carbons (Fsp3) is 0.462. The molecule has 0 bridgehead atoms. The number of carbonyl (C=O) groups is 1. The third-order valence-electron chi connectivity index (χ3n) is 2.09. The van der Waals surface area contributed by atoms with Crippen molar-refractivity contribution in [1.29, 1.82) is 0 Å². The molecule has 3 nitrogen and oxygen atoms in total. The van der Waals surface area contributed by atoms with Crippen LogP contribution in [0.4, 0.5) is 0 Å². The van der Waals surface area contributed by atoms with Gasteiger partial charge in [-0.2, -0.15) is 0 Å². The molecule has 0 fully saturated rings. The van der Waals surface area contributed by atoms with E-state index in [2.05, 4.69) is 26.1 Å². The highest BCUT2D eigenvalue weighted by molar-refractivity contribution is 5.78. The van der Waals surface area contributed by atoms with Crippen LogP contribution in [0, 0.1) is 5.41 Å². The van der Waals surface area contributed by atoms with E-state index in [-0.39, 0.29) is 17.1 Å². The zero-order valence-electron chi connectivity index (χ0n) is 10.1. The molecule has 0 aliphatic rings. The minimum atomic E-state index is -0.0134. The van der Waals surface area contributed by atoms with Gasteiger partial charge in [-0.3, -0.25) is 4.79 Å². The summed E-state index contributed by atoms with van der Waals surface area (Å²) in [5, 5.41) is 12.1. The molecule has 1 rings (SSSR count). The minimum Gasteiger partial charge on any atom is -0.508 e. The molecule has 0 saturated carbocycles. The molecule has 1 aromatic carbocycles. The minimum absolute atomic E-state index is 0.0134. The van der Waals surface area contributed by atoms with E-state index in [0.717, 1.165) is 5.56 Å². The number of hydrogen-bond donors (Lipinski definition) is 2. The third kappa shape index (κ3) is 4.82. The first-order chi connectivity index (χ1) is 7.37. The molecular weight excluding hydrogens is 202 g/mol. The summed E-state index contributed by atoms with van der Waals surface area (Å²) < 4.78 is 0. The van der Waals surface area contributed by atoms with Gasteiger partial charge in [0.15, 0.2) is 0 Å². The van der Waals surface area contributed by atoms with Crippen molar-refractivity contribution in [2.75, 3.05) is 6.54 Å². The molecule has 3 heteroatoms. The quantitative estimate of drug-likeness (QED) is 0.821. The molecule has 0 spiro atoms. The van der Waals surface area contributed by atoms with Crippen LogP contribution in [-0.2, 0) is 11.2 Å². The van der Waals surface area contributed by atoms with Crippen LogP contribution in [0.2, 0.25) is 0 Å². The number of carbonyl (C=O) groups excluding carboxylic acids is 1. The van der Waals surface area contributed by atoms with Crippen molar-refractivity contribution in [3.8, 4) is 5.75 Å². The van der Waals surface area contributed by atoms with Gasteiger partial charge in [-0.05, 0) is 23.1 Å². The van der Waals surface area contributed by atoms with Crippen molar-refractivity contribution in [3.05, 3.63) is 29.8 Å². The van der Waals surface area contributed by atoms with Crippen LogP contribution in [0.25, 0.3) is 0 Å². The Hall–Kier alpha value is -1.51. The fourth-order valence-corrected chi connectivity index (χ4v) is 1.28. The molecule has 0 aliphatic heterocycles. The summed E-state index contributed by atoms with van der Waals surface area (Å²) >= 11 is 0. The highest BCUT2D eigenvalue weighted by Crippen LogP contribution is 2.12. The molecule has 1 aromatic rings. The van der Waals surface area contributed by atoms with Gasteiger partial charge in [0.25, 0.3) is 0 Å². The first-order valence-corrected chi connectivity index (χ1v) is 5.41. The zero-order chi connectivity index (χ0) is 12.2. The third-order valence-corrected chi connectivity index (χ3v) is 2.09. The molecule has 0 saturated heterocycles. The van der Waals surface area contributed by atoms with E-state index in [9.17, 15) is 9.90 Å². The van der Waals surface area contributed by atoms with Crippen LogP contribution < -0.4 is 5.32 Å². The fourth-order valence-electron chi connectivity index (χ4n) is 1.28. The smallest absolute Gasteiger partial charge is 0.224 e. The van der Waals surface area contributed by atoms with Gasteiger partial charge in [-0.25, -0.2) is 0 Å². The van der Waals surface area contributed by atoms with Crippen LogP contribution in [0.15, 0.2) is 24.3 Å². The second kappa shape index (κ2) is 5.01. The van der Waals surface area contributed by atoms with E-state index in [1.807, 2.05) is 6.07 Å². The summed E-state index contributed by atoms with van der Waals surface area (Å²) in [4.78, 5) is 11.6. The second-order valence-electron chi connectivity index (χ2n) is 5.18. The molecule has 16 heavy (non-hydrogen) atoms. The number of amides is 1. The summed E-state index contributed by atoms with van der Waals surface area (Å²) in [6.07, 6.45) is 0.310. The Balaban J connectivity index is 2.46. The van der Waals surface area contributed by atoms with Gasteiger partial charge in [0.2, 0.25) is 5.91 Å². The molecule has 0 aromatic heterocycles. The maximum absolute atomic E-state index is 11.6. The maximum Gasteiger partial charge on any atom is 0.224 e. The number of nitrogens with one attached hydrogen (secondary N) is 1. The zero-order valence-corrected chi connectivity index (χ0v) is 10.1. The average molecular weight is 221 g/mol. The first kappa shape index (κ1) is 12.6. The Morgan fingerprint density at radius 1 is 1.38 bits per heavy atom. The first-order valence-electron chi connectivity index (χ1n) is 5.41. The molecule has 88 valence electrons. The average Bonchev–Trinajstić information content (AvgIpc) is 2.14. The van der Waals surface area contributed by atoms with Crippen molar-refractivity contribution >= 4 is 5.91 Å². The van der Waals surface area contributed by atoms with Crippen LogP contribution in [-0.4, -0.2) is 17.6 Å². The monoisotopic (exact) mass is 221 g/mol. The molecule has 0 radical (unpaired) electrons. The lowest BCUT2D eigenvalue weighted by Gasteiger charge is -2.18. The van der Waals surface area contributed by atoms with E-state index in [1.165, 1.54) is 0 Å². The van der Waals surface area contributed by atoms with Gasteiger partial charge >= 0.3 is 0 Å². The van der Waals surface area contributed by atoms with Crippen LogP contribution in [0.1, 0.15) is 26.3 Å². The second-order valence-corrected chi connectivity index (χ2v) is 5.18. The Kier molecular flexibility index (Phi) is 3.93. The van der Waals surface area contributed by atoms with Gasteiger partial charge in [0, 0.05) is 6.54 Å². The normalized spacial score (nSPS) is 11.2. The molecule has 1 amide bonds. The van der Waals surface area contributed by atoms with Gasteiger partial charge in [-0.15, -0.1) is 0 Å². The number of aromatic hydroxyl groups is 1. The molecule has 0 heterocycles. The number of rotatable bonds is 3. The standard InChI is InChI=1S/C13H19NO2/c1-13(2,3)9-14-12(16)8-10-5-4-6-11(15)7-10/h4-7,15H,8-9H2,1-3H3,(H,14,16). The van der Waals surface area contributed by atoms with Crippen molar-refractivity contribution in [2.45, 2.75) is 27.2 Å². The predicted octanol–water partition coefficient (Wildman–Crippen LogP) is 2.10. The maximum atomic E-state index is 11.6. The summed E-state index contributed by atoms with van der Waals surface area (Å²) in [5.41, 5.74) is 0.917. The Labute approximate surface area is 96.5 Å². The molecule has 0 unspecified atom stereocenters. The summed E-state index contributed by atoms with van der Waals surface area (Å²) in [6, 6.07) is 6.77. The van der Waals surface area contributed by atoms with Gasteiger partial charge < -0.3 is 10.4 Å². The lowest BCUT2D eigenvalue weighted by molar-refractivity contribution is -0.120. The molecule has 0 atom stereocenters. The number of benzene rings is 1. The van der Waals surface area contributed by atoms with Crippen LogP contribution in [0.5, 0.6) is 5.75 Å². The van der Waals surface area contributed by atoms with Crippen molar-refractivity contribution < 1.29 is 9.90 Å². The van der Waals surface area contributed by atoms with Crippen LogP contribution >= 0.6 is 0 Å². The lowest BCUT2D eigenvalue weighted by atomic mass is 9.97. The summed E-state index contributed by atoms with van der Waals surface area (Å²) in [6.45, 7) is 6.87. The lowest BCUT2D eigenvalue weighted by Crippen LogP contribution is -2.33. The largest absolute Gasteiger partial charge is 0.508 e. The van der Waals surface area contributed by atoms with E-state index in [4.69, 9.17) is 0 Å². The number of phenolic OH excluding ortho intramolecular Hbond substituents is 1. The Morgan fingerprint density at radius 2 is 2.06 bits per heavy atom. The highest BCUT2D eigenvalue weighted by Gasteiger charge is 2.12. The van der Waals surface area contributed by atoms with Gasteiger partial charge in [-0.1, -0.05) is 32.9 Å². The molecule has 2 N–H and O–H groups in total. The predicted molar refractivity (Wildman–Crippen MR) is 64.3 cm³/mol. The van der Waals surface area contributed by atoms with E-state index in [1.54, 1.807) is 18.2 Å². The highest BCUT2D eigenvalue weighted by atomic mass is 16.3. The summed E-state index contributed by atoms with van der Waals surface area (Å²) in [7, 11) is 0. The molecule has 0 aliphatic carbocycles. The van der Waals surface area contributed by atoms with E-state index >= 15 is 0 Å². The topological polar surface area (TPSA) is 49.3 Å². The van der Waals surface area contributed by atoms with Gasteiger partial charge in [0.05, 0.1) is 6.42 Å². The van der Waals surface area contributed by atoms with Gasteiger partial charge in [0.1, 0.15) is 5.75 Å². The summed E-state index contributed by atoms with van der Waals surface area (Å²) in [5.74, 6) is 0.182. The Bertz CT molecular complexity index is 366. The number of phenols is 1. The van der Waals surface area contributed by atoms with Crippen molar-refractivity contribution in [3.63, 3.8) is 0 Å². The Morgan fingerprint density at radius 3 is 2.62 bits per heavy atom. The van der Waals surface area contributed by atoms with Crippen molar-refractivity contribution in [2.24, 2.45) is 5.41 Å². The molecular formula is C13H19NO2. The van der Waals surface area contributed by atoms with E-state index < -0.39 is 0 Å². The van der Waals surface area contributed by atoms with Crippen molar-refractivity contribution in [1.82, 2.24) is 5.32 Å². The number of hydrogen-bond acceptors (Lipinski definition) is 2. The van der Waals surface area contributed by atoms with E-state index in [0.29, 0.717) is 13.0 Å². The van der Waals surface area contributed by atoms with Crippen LogP contribution in [0.3, 0.4) is 0 Å². The SMILES string of the molecule is CC(C)(C)CNC(=O)Cc1cccc(O)c1.